The molecule has 1 saturated heterocycles. The van der Waals surface area contributed by atoms with Crippen LogP contribution in [-0.2, 0) is 11.2 Å². The molecule has 6 nitrogen and oxygen atoms in total. The monoisotopic (exact) mass is 389 g/mol. The molecule has 1 N–H and O–H groups in total. The third-order valence-electron chi connectivity index (χ3n) is 5.16. The van der Waals surface area contributed by atoms with E-state index in [9.17, 15) is 9.18 Å². The summed E-state index contributed by atoms with van der Waals surface area (Å²) in [6, 6.07) is 6.82. The van der Waals surface area contributed by atoms with E-state index in [4.69, 9.17) is 0 Å². The lowest BCUT2D eigenvalue weighted by Crippen LogP contribution is -2.54. The van der Waals surface area contributed by atoms with Crippen molar-refractivity contribution in [3.63, 3.8) is 0 Å². The van der Waals surface area contributed by atoms with Crippen LogP contribution in [-0.4, -0.2) is 59.3 Å². The molecular formula is C19H24FN5OS. The fraction of sp³-hybridized carbons (Fsp3) is 0.526. The lowest BCUT2D eigenvalue weighted by atomic mass is 10.2. The van der Waals surface area contributed by atoms with E-state index in [-0.39, 0.29) is 17.8 Å². The Kier molecular flexibility index (Phi) is 5.36. The number of amides is 1. The summed E-state index contributed by atoms with van der Waals surface area (Å²) in [7, 11) is 0. The maximum absolute atomic E-state index is 13.0. The maximum atomic E-state index is 13.0. The Hall–Kier alpha value is -2.06. The normalized spacial score (nSPS) is 19.1. The van der Waals surface area contributed by atoms with Gasteiger partial charge in [-0.05, 0) is 37.5 Å². The van der Waals surface area contributed by atoms with Crippen LogP contribution in [0.1, 0.15) is 30.3 Å². The molecule has 0 radical (unpaired) electrons. The van der Waals surface area contributed by atoms with Crippen molar-refractivity contribution in [2.75, 3.05) is 31.1 Å². The number of rotatable bonds is 6. The highest BCUT2D eigenvalue weighted by molar-refractivity contribution is 7.15. The number of nitrogens with one attached hydrogen (secondary N) is 1. The van der Waals surface area contributed by atoms with Crippen molar-refractivity contribution in [3.05, 3.63) is 40.7 Å². The number of hydrogen-bond acceptors (Lipinski definition) is 6. The Morgan fingerprint density at radius 3 is 2.59 bits per heavy atom. The smallest absolute Gasteiger partial charge is 0.237 e. The Balaban J connectivity index is 1.29. The molecule has 0 spiro atoms. The zero-order valence-electron chi connectivity index (χ0n) is 15.4. The van der Waals surface area contributed by atoms with E-state index < -0.39 is 0 Å². The largest absolute Gasteiger partial charge is 0.352 e. The molecule has 2 aliphatic rings. The van der Waals surface area contributed by atoms with Crippen LogP contribution in [0.15, 0.2) is 24.3 Å². The van der Waals surface area contributed by atoms with Gasteiger partial charge in [0.25, 0.3) is 0 Å². The number of anilines is 1. The van der Waals surface area contributed by atoms with Gasteiger partial charge in [0.15, 0.2) is 0 Å². The van der Waals surface area contributed by atoms with E-state index in [1.165, 1.54) is 12.1 Å². The molecule has 27 heavy (non-hydrogen) atoms. The Morgan fingerprint density at radius 1 is 1.22 bits per heavy atom. The number of aromatic nitrogens is 2. The fourth-order valence-corrected chi connectivity index (χ4v) is 4.16. The molecule has 1 saturated carbocycles. The molecule has 1 unspecified atom stereocenters. The van der Waals surface area contributed by atoms with Gasteiger partial charge in [-0.25, -0.2) is 4.39 Å². The zero-order valence-corrected chi connectivity index (χ0v) is 16.2. The Morgan fingerprint density at radius 2 is 1.93 bits per heavy atom. The Bertz CT molecular complexity index is 784. The first-order valence-corrected chi connectivity index (χ1v) is 10.3. The standard InChI is InChI=1S/C19H24FN5OS/c1-13(18(26)21-16-6-7-16)24-8-10-25(11-9-24)19-23-22-17(27-19)12-14-2-4-15(20)5-3-14/h2-5,13,16H,6-12H2,1H3,(H,21,26). The van der Waals surface area contributed by atoms with Gasteiger partial charge in [0.05, 0.1) is 6.04 Å². The SMILES string of the molecule is CC(C(=O)NC1CC1)N1CCN(c2nnc(Cc3ccc(F)cc3)s2)CC1. The molecule has 1 aliphatic heterocycles. The Labute approximate surface area is 162 Å². The van der Waals surface area contributed by atoms with E-state index in [2.05, 4.69) is 25.3 Å². The summed E-state index contributed by atoms with van der Waals surface area (Å²) in [5.74, 6) is -0.0851. The van der Waals surface area contributed by atoms with Gasteiger partial charge in [-0.15, -0.1) is 10.2 Å². The van der Waals surface area contributed by atoms with Crippen molar-refractivity contribution in [1.82, 2.24) is 20.4 Å². The van der Waals surface area contributed by atoms with E-state index >= 15 is 0 Å². The molecule has 1 aromatic heterocycles. The van der Waals surface area contributed by atoms with E-state index in [0.717, 1.165) is 54.7 Å². The second-order valence-corrected chi connectivity index (χ2v) is 8.30. The summed E-state index contributed by atoms with van der Waals surface area (Å²) < 4.78 is 13.0. The molecule has 1 aromatic carbocycles. The average molecular weight is 390 g/mol. The molecule has 8 heteroatoms. The van der Waals surface area contributed by atoms with Crippen LogP contribution >= 0.6 is 11.3 Å². The molecular weight excluding hydrogens is 365 g/mol. The lowest BCUT2D eigenvalue weighted by molar-refractivity contribution is -0.126. The van der Waals surface area contributed by atoms with Gasteiger partial charge in [0.1, 0.15) is 10.8 Å². The number of carbonyl (C=O) groups excluding carboxylic acids is 1. The summed E-state index contributed by atoms with van der Waals surface area (Å²) in [4.78, 5) is 16.7. The van der Waals surface area contributed by atoms with Gasteiger partial charge < -0.3 is 10.2 Å². The van der Waals surface area contributed by atoms with Gasteiger partial charge in [0, 0.05) is 38.6 Å². The van der Waals surface area contributed by atoms with E-state index in [1.54, 1.807) is 23.5 Å². The van der Waals surface area contributed by atoms with Crippen LogP contribution in [0.4, 0.5) is 9.52 Å². The van der Waals surface area contributed by atoms with Crippen molar-refractivity contribution in [2.24, 2.45) is 0 Å². The topological polar surface area (TPSA) is 61.4 Å². The zero-order chi connectivity index (χ0) is 18.8. The van der Waals surface area contributed by atoms with Crippen LogP contribution in [0.2, 0.25) is 0 Å². The van der Waals surface area contributed by atoms with Crippen molar-refractivity contribution in [1.29, 1.82) is 0 Å². The summed E-state index contributed by atoms with van der Waals surface area (Å²) in [6.07, 6.45) is 2.89. The predicted molar refractivity (Wildman–Crippen MR) is 104 cm³/mol. The van der Waals surface area contributed by atoms with Gasteiger partial charge in [-0.1, -0.05) is 23.5 Å². The fourth-order valence-electron chi connectivity index (χ4n) is 3.24. The molecule has 2 fully saturated rings. The molecule has 0 bridgehead atoms. The van der Waals surface area contributed by atoms with Crippen LogP contribution in [0, 0.1) is 5.82 Å². The quantitative estimate of drug-likeness (QED) is 0.819. The summed E-state index contributed by atoms with van der Waals surface area (Å²) in [5.41, 5.74) is 1.03. The minimum Gasteiger partial charge on any atom is -0.352 e. The number of halogens is 1. The highest BCUT2D eigenvalue weighted by Crippen LogP contribution is 2.24. The second-order valence-electron chi connectivity index (χ2n) is 7.26. The minimum absolute atomic E-state index is 0.0868. The van der Waals surface area contributed by atoms with Crippen LogP contribution in [0.3, 0.4) is 0 Å². The number of benzene rings is 1. The maximum Gasteiger partial charge on any atom is 0.237 e. The van der Waals surface area contributed by atoms with Gasteiger partial charge in [0.2, 0.25) is 11.0 Å². The van der Waals surface area contributed by atoms with Crippen molar-refractivity contribution < 1.29 is 9.18 Å². The molecule has 1 aliphatic carbocycles. The summed E-state index contributed by atoms with van der Waals surface area (Å²) in [6.45, 7) is 5.34. The first-order chi connectivity index (χ1) is 13.1. The minimum atomic E-state index is -0.227. The van der Waals surface area contributed by atoms with Gasteiger partial charge in [-0.2, -0.15) is 0 Å². The summed E-state index contributed by atoms with van der Waals surface area (Å²) >= 11 is 1.58. The highest BCUT2D eigenvalue weighted by atomic mass is 32.1. The lowest BCUT2D eigenvalue weighted by Gasteiger charge is -2.37. The molecule has 144 valence electrons. The van der Waals surface area contributed by atoms with Gasteiger partial charge >= 0.3 is 0 Å². The van der Waals surface area contributed by atoms with E-state index in [0.29, 0.717) is 12.5 Å². The van der Waals surface area contributed by atoms with Crippen molar-refractivity contribution in [3.8, 4) is 0 Å². The first kappa shape index (κ1) is 18.3. The molecule has 2 aromatic rings. The van der Waals surface area contributed by atoms with Crippen LogP contribution < -0.4 is 10.2 Å². The first-order valence-electron chi connectivity index (χ1n) is 9.44. The van der Waals surface area contributed by atoms with Crippen molar-refractivity contribution in [2.45, 2.75) is 38.3 Å². The van der Waals surface area contributed by atoms with Gasteiger partial charge in [-0.3, -0.25) is 9.69 Å². The number of carbonyl (C=O) groups is 1. The number of hydrogen-bond donors (Lipinski definition) is 1. The van der Waals surface area contributed by atoms with Crippen molar-refractivity contribution >= 4 is 22.4 Å². The summed E-state index contributed by atoms with van der Waals surface area (Å²) in [5, 5.41) is 13.5. The molecule has 1 amide bonds. The van der Waals surface area contributed by atoms with Crippen LogP contribution in [0.5, 0.6) is 0 Å². The van der Waals surface area contributed by atoms with E-state index in [1.807, 2.05) is 6.92 Å². The molecule has 1 atom stereocenters. The molecule has 2 heterocycles. The number of piperazine rings is 1. The highest BCUT2D eigenvalue weighted by Gasteiger charge is 2.30. The molecule has 4 rings (SSSR count). The van der Waals surface area contributed by atoms with Crippen LogP contribution in [0.25, 0.3) is 0 Å². The third kappa shape index (κ3) is 4.62. The number of nitrogens with zero attached hydrogens (tertiary/aromatic N) is 4. The third-order valence-corrected chi connectivity index (χ3v) is 6.14. The average Bonchev–Trinajstić information content (AvgIpc) is 3.38. The predicted octanol–water partition coefficient (Wildman–Crippen LogP) is 2.06. The second kappa shape index (κ2) is 7.90.